The first-order valence-electron chi connectivity index (χ1n) is 6.45. The number of alkyl halides is 3. The van der Waals surface area contributed by atoms with Crippen molar-refractivity contribution in [2.45, 2.75) is 13.1 Å². The molecule has 0 spiro atoms. The van der Waals surface area contributed by atoms with Gasteiger partial charge < -0.3 is 10.6 Å². The largest absolute Gasteiger partial charge is 0.416 e. The van der Waals surface area contributed by atoms with E-state index in [-0.39, 0.29) is 5.56 Å². The van der Waals surface area contributed by atoms with Crippen molar-refractivity contribution >= 4 is 17.4 Å². The number of halogens is 3. The second kappa shape index (κ2) is 6.05. The zero-order valence-electron chi connectivity index (χ0n) is 12.0. The number of anilines is 2. The molecule has 0 aliphatic heterocycles. The molecular weight excluding hydrogens is 295 g/mol. The van der Waals surface area contributed by atoms with Gasteiger partial charge in [0.25, 0.3) is 5.91 Å². The van der Waals surface area contributed by atoms with Gasteiger partial charge in [0.1, 0.15) is 5.82 Å². The van der Waals surface area contributed by atoms with Crippen molar-refractivity contribution in [3.63, 3.8) is 0 Å². The van der Waals surface area contributed by atoms with Crippen LogP contribution in [0.25, 0.3) is 0 Å². The van der Waals surface area contributed by atoms with Crippen LogP contribution in [0, 0.1) is 6.92 Å². The Morgan fingerprint density at radius 2 is 1.91 bits per heavy atom. The van der Waals surface area contributed by atoms with Crippen LogP contribution in [0.4, 0.5) is 24.7 Å². The molecule has 0 bridgehead atoms. The molecule has 0 fully saturated rings. The highest BCUT2D eigenvalue weighted by molar-refractivity contribution is 6.04. The molecule has 1 heterocycles. The van der Waals surface area contributed by atoms with Gasteiger partial charge in [-0.05, 0) is 37.3 Å². The summed E-state index contributed by atoms with van der Waals surface area (Å²) in [5.74, 6) is 0.0165. The van der Waals surface area contributed by atoms with Gasteiger partial charge in [-0.2, -0.15) is 13.2 Å². The number of nitrogens with zero attached hydrogens (tertiary/aromatic N) is 1. The molecule has 2 N–H and O–H groups in total. The minimum atomic E-state index is -4.48. The number of rotatable bonds is 3. The third-order valence-electron chi connectivity index (χ3n) is 3.04. The van der Waals surface area contributed by atoms with E-state index in [4.69, 9.17) is 0 Å². The molecule has 0 saturated heterocycles. The van der Waals surface area contributed by atoms with E-state index in [1.807, 2.05) is 0 Å². The smallest absolute Gasteiger partial charge is 0.373 e. The van der Waals surface area contributed by atoms with Gasteiger partial charge in [0, 0.05) is 12.6 Å². The van der Waals surface area contributed by atoms with Crippen LogP contribution in [0.15, 0.2) is 36.4 Å². The minimum Gasteiger partial charge on any atom is -0.373 e. The fraction of sp³-hybridized carbons (Fsp3) is 0.200. The second-order valence-electron chi connectivity index (χ2n) is 4.61. The average molecular weight is 309 g/mol. The van der Waals surface area contributed by atoms with Crippen LogP contribution in [-0.4, -0.2) is 17.9 Å². The van der Waals surface area contributed by atoms with E-state index in [1.54, 1.807) is 26.1 Å². The lowest BCUT2D eigenvalue weighted by atomic mass is 10.1. The van der Waals surface area contributed by atoms with E-state index in [2.05, 4.69) is 15.6 Å². The van der Waals surface area contributed by atoms with Crippen LogP contribution in [0.3, 0.4) is 0 Å². The van der Waals surface area contributed by atoms with Crippen molar-refractivity contribution in [1.82, 2.24) is 4.98 Å². The number of hydrogen-bond acceptors (Lipinski definition) is 3. The van der Waals surface area contributed by atoms with E-state index >= 15 is 0 Å². The molecule has 0 saturated carbocycles. The predicted octanol–water partition coefficient (Wildman–Crippen LogP) is 3.70. The summed E-state index contributed by atoms with van der Waals surface area (Å²) in [5, 5.41) is 5.42. The molecule has 0 unspecified atom stereocenters. The Balaban J connectivity index is 2.23. The van der Waals surface area contributed by atoms with Crippen molar-refractivity contribution < 1.29 is 18.0 Å². The fourth-order valence-corrected chi connectivity index (χ4v) is 1.86. The van der Waals surface area contributed by atoms with Crippen molar-refractivity contribution in [2.24, 2.45) is 0 Å². The SMILES string of the molecule is CNc1ccc(NC(=O)c2cccc(C(F)(F)F)c2)c(C)n1. The summed E-state index contributed by atoms with van der Waals surface area (Å²) in [5.41, 5.74) is 0.0843. The summed E-state index contributed by atoms with van der Waals surface area (Å²) >= 11 is 0. The molecule has 0 radical (unpaired) electrons. The van der Waals surface area contributed by atoms with Gasteiger partial charge >= 0.3 is 6.18 Å². The summed E-state index contributed by atoms with van der Waals surface area (Å²) < 4.78 is 38.0. The maximum atomic E-state index is 12.7. The second-order valence-corrected chi connectivity index (χ2v) is 4.61. The van der Waals surface area contributed by atoms with Crippen molar-refractivity contribution in [1.29, 1.82) is 0 Å². The third kappa shape index (κ3) is 3.55. The van der Waals surface area contributed by atoms with Crippen LogP contribution in [0.5, 0.6) is 0 Å². The van der Waals surface area contributed by atoms with E-state index in [0.29, 0.717) is 17.2 Å². The van der Waals surface area contributed by atoms with Gasteiger partial charge in [-0.1, -0.05) is 6.07 Å². The van der Waals surface area contributed by atoms with Gasteiger partial charge in [0.15, 0.2) is 0 Å². The van der Waals surface area contributed by atoms with Gasteiger partial charge in [0.2, 0.25) is 0 Å². The zero-order chi connectivity index (χ0) is 16.3. The number of hydrogen-bond donors (Lipinski definition) is 2. The highest BCUT2D eigenvalue weighted by atomic mass is 19.4. The predicted molar refractivity (Wildman–Crippen MR) is 77.9 cm³/mol. The molecular formula is C15H14F3N3O. The zero-order valence-corrected chi connectivity index (χ0v) is 12.0. The molecule has 2 aromatic rings. The standard InChI is InChI=1S/C15H14F3N3O/c1-9-12(6-7-13(19-2)20-9)21-14(22)10-4-3-5-11(8-10)15(16,17)18/h3-8H,1-2H3,(H,19,20)(H,21,22). The molecule has 2 rings (SSSR count). The Kier molecular flexibility index (Phi) is 4.35. The van der Waals surface area contributed by atoms with Gasteiger partial charge in [-0.15, -0.1) is 0 Å². The average Bonchev–Trinajstić information content (AvgIpc) is 2.48. The number of nitrogens with one attached hydrogen (secondary N) is 2. The first kappa shape index (κ1) is 15.8. The summed E-state index contributed by atoms with van der Waals surface area (Å²) in [4.78, 5) is 16.3. The van der Waals surface area contributed by atoms with E-state index in [0.717, 1.165) is 12.1 Å². The molecule has 4 nitrogen and oxygen atoms in total. The Hall–Kier alpha value is -2.57. The maximum absolute atomic E-state index is 12.7. The molecule has 0 aliphatic carbocycles. The van der Waals surface area contributed by atoms with E-state index < -0.39 is 17.6 Å². The molecule has 1 aromatic heterocycles. The molecule has 1 amide bonds. The number of carbonyl (C=O) groups excluding carboxylic acids is 1. The quantitative estimate of drug-likeness (QED) is 0.909. The van der Waals surface area contributed by atoms with Crippen LogP contribution < -0.4 is 10.6 Å². The molecule has 7 heteroatoms. The fourth-order valence-electron chi connectivity index (χ4n) is 1.86. The lowest BCUT2D eigenvalue weighted by Gasteiger charge is -2.11. The highest BCUT2D eigenvalue weighted by Gasteiger charge is 2.30. The molecule has 116 valence electrons. The first-order valence-corrected chi connectivity index (χ1v) is 6.45. The molecule has 1 aromatic carbocycles. The number of carbonyl (C=O) groups is 1. The topological polar surface area (TPSA) is 54.0 Å². The Bertz CT molecular complexity index is 699. The minimum absolute atomic E-state index is 0.0630. The van der Waals surface area contributed by atoms with Gasteiger partial charge in [-0.3, -0.25) is 4.79 Å². The summed E-state index contributed by atoms with van der Waals surface area (Å²) in [7, 11) is 1.71. The van der Waals surface area contributed by atoms with Crippen LogP contribution in [-0.2, 0) is 6.18 Å². The monoisotopic (exact) mass is 309 g/mol. The van der Waals surface area contributed by atoms with Crippen LogP contribution in [0.1, 0.15) is 21.6 Å². The van der Waals surface area contributed by atoms with Crippen LogP contribution >= 0.6 is 0 Å². The number of pyridine rings is 1. The Morgan fingerprint density at radius 3 is 2.50 bits per heavy atom. The maximum Gasteiger partial charge on any atom is 0.416 e. The summed E-state index contributed by atoms with van der Waals surface area (Å²) in [6.45, 7) is 1.70. The molecule has 0 aliphatic rings. The Labute approximate surface area is 125 Å². The highest BCUT2D eigenvalue weighted by Crippen LogP contribution is 2.29. The van der Waals surface area contributed by atoms with Crippen molar-refractivity contribution in [3.8, 4) is 0 Å². The molecule has 22 heavy (non-hydrogen) atoms. The van der Waals surface area contributed by atoms with Gasteiger partial charge in [-0.25, -0.2) is 4.98 Å². The van der Waals surface area contributed by atoms with Crippen molar-refractivity contribution in [3.05, 3.63) is 53.2 Å². The third-order valence-corrected chi connectivity index (χ3v) is 3.04. The lowest BCUT2D eigenvalue weighted by Crippen LogP contribution is -2.15. The lowest BCUT2D eigenvalue weighted by molar-refractivity contribution is -0.137. The number of amides is 1. The number of benzene rings is 1. The van der Waals surface area contributed by atoms with Gasteiger partial charge in [0.05, 0.1) is 16.9 Å². The number of aromatic nitrogens is 1. The Morgan fingerprint density at radius 1 is 1.18 bits per heavy atom. The number of aryl methyl sites for hydroxylation is 1. The van der Waals surface area contributed by atoms with Crippen molar-refractivity contribution in [2.75, 3.05) is 17.7 Å². The van der Waals surface area contributed by atoms with Crippen LogP contribution in [0.2, 0.25) is 0 Å². The van der Waals surface area contributed by atoms with E-state index in [9.17, 15) is 18.0 Å². The first-order chi connectivity index (χ1) is 10.3. The summed E-state index contributed by atoms with van der Waals surface area (Å²) in [6.07, 6.45) is -4.48. The van der Waals surface area contributed by atoms with E-state index in [1.165, 1.54) is 12.1 Å². The normalized spacial score (nSPS) is 11.1. The molecule has 0 atom stereocenters. The summed E-state index contributed by atoms with van der Waals surface area (Å²) in [6, 6.07) is 7.57.